The number of amides is 2. The zero-order chi connectivity index (χ0) is 19.7. The molecule has 0 unspecified atom stereocenters. The Bertz CT molecular complexity index is 961. The van der Waals surface area contributed by atoms with Gasteiger partial charge in [0.25, 0.3) is 11.8 Å². The van der Waals surface area contributed by atoms with E-state index >= 15 is 0 Å². The molecule has 6 heteroatoms. The minimum Gasteiger partial charge on any atom is -0.502 e. The third-order valence-electron chi connectivity index (χ3n) is 4.73. The van der Waals surface area contributed by atoms with Gasteiger partial charge in [-0.1, -0.05) is 24.3 Å². The van der Waals surface area contributed by atoms with Gasteiger partial charge in [0.15, 0.2) is 17.3 Å². The van der Waals surface area contributed by atoms with Crippen molar-refractivity contribution in [1.29, 1.82) is 0 Å². The maximum atomic E-state index is 12.8. The molecule has 27 heavy (non-hydrogen) atoms. The SMILES string of the molecule is COc1ccc(CN2C(=O)C(O)=C(c3ccc(C)c(C)c3)C2=O)cc1OC. The van der Waals surface area contributed by atoms with Gasteiger partial charge in [-0.05, 0) is 48.2 Å². The summed E-state index contributed by atoms with van der Waals surface area (Å²) in [6.07, 6.45) is 0. The Morgan fingerprint density at radius 3 is 2.22 bits per heavy atom. The highest BCUT2D eigenvalue weighted by molar-refractivity contribution is 6.34. The van der Waals surface area contributed by atoms with Crippen LogP contribution in [0, 0.1) is 13.8 Å². The molecule has 0 radical (unpaired) electrons. The molecule has 0 saturated heterocycles. The monoisotopic (exact) mass is 367 g/mol. The van der Waals surface area contributed by atoms with Crippen LogP contribution < -0.4 is 9.47 Å². The highest BCUT2D eigenvalue weighted by atomic mass is 16.5. The highest BCUT2D eigenvalue weighted by Gasteiger charge is 2.39. The number of hydrogen-bond acceptors (Lipinski definition) is 5. The van der Waals surface area contributed by atoms with Crippen LogP contribution in [0.25, 0.3) is 5.57 Å². The molecule has 2 aromatic carbocycles. The molecule has 1 aliphatic rings. The van der Waals surface area contributed by atoms with Crippen molar-refractivity contribution in [2.75, 3.05) is 14.2 Å². The molecule has 1 aliphatic heterocycles. The van der Waals surface area contributed by atoms with E-state index in [1.165, 1.54) is 14.2 Å². The average molecular weight is 367 g/mol. The molecule has 0 aliphatic carbocycles. The van der Waals surface area contributed by atoms with Gasteiger partial charge in [0.1, 0.15) is 0 Å². The van der Waals surface area contributed by atoms with E-state index in [1.54, 1.807) is 30.3 Å². The number of aliphatic hydroxyl groups excluding tert-OH is 1. The lowest BCUT2D eigenvalue weighted by Gasteiger charge is -2.16. The number of methoxy groups -OCH3 is 2. The molecule has 0 atom stereocenters. The lowest BCUT2D eigenvalue weighted by Crippen LogP contribution is -2.31. The summed E-state index contributed by atoms with van der Waals surface area (Å²) in [4.78, 5) is 26.3. The number of nitrogens with zero attached hydrogens (tertiary/aromatic N) is 1. The van der Waals surface area contributed by atoms with E-state index in [-0.39, 0.29) is 12.1 Å². The molecule has 6 nitrogen and oxygen atoms in total. The Morgan fingerprint density at radius 2 is 1.59 bits per heavy atom. The molecule has 3 rings (SSSR count). The predicted octanol–water partition coefficient (Wildman–Crippen LogP) is 3.16. The summed E-state index contributed by atoms with van der Waals surface area (Å²) in [5.74, 6) is -0.694. The third kappa shape index (κ3) is 3.26. The molecule has 0 fully saturated rings. The van der Waals surface area contributed by atoms with Crippen LogP contribution in [0.1, 0.15) is 22.3 Å². The summed E-state index contributed by atoms with van der Waals surface area (Å²) < 4.78 is 10.5. The van der Waals surface area contributed by atoms with E-state index in [9.17, 15) is 14.7 Å². The van der Waals surface area contributed by atoms with Crippen molar-refractivity contribution in [3.05, 3.63) is 64.4 Å². The summed E-state index contributed by atoms with van der Waals surface area (Å²) in [5, 5.41) is 10.3. The zero-order valence-electron chi connectivity index (χ0n) is 15.7. The van der Waals surface area contributed by atoms with E-state index in [0.29, 0.717) is 22.6 Å². The van der Waals surface area contributed by atoms with Crippen molar-refractivity contribution in [2.45, 2.75) is 20.4 Å². The van der Waals surface area contributed by atoms with Gasteiger partial charge in [-0.15, -0.1) is 0 Å². The predicted molar refractivity (Wildman–Crippen MR) is 101 cm³/mol. The molecule has 0 bridgehead atoms. The Kier molecular flexibility index (Phi) is 4.90. The minimum absolute atomic E-state index is 0.0242. The van der Waals surface area contributed by atoms with E-state index in [2.05, 4.69) is 0 Å². The normalized spacial score (nSPS) is 14.1. The first kappa shape index (κ1) is 18.5. The van der Waals surface area contributed by atoms with Gasteiger partial charge in [-0.25, -0.2) is 0 Å². The topological polar surface area (TPSA) is 76.1 Å². The van der Waals surface area contributed by atoms with Crippen molar-refractivity contribution in [2.24, 2.45) is 0 Å². The minimum atomic E-state index is -0.706. The van der Waals surface area contributed by atoms with Crippen LogP contribution in [0.5, 0.6) is 11.5 Å². The molecule has 2 aromatic rings. The van der Waals surface area contributed by atoms with Gasteiger partial charge in [-0.2, -0.15) is 0 Å². The molecule has 0 spiro atoms. The van der Waals surface area contributed by atoms with Crippen LogP contribution in [0.4, 0.5) is 0 Å². The van der Waals surface area contributed by atoms with Gasteiger partial charge < -0.3 is 14.6 Å². The average Bonchev–Trinajstić information content (AvgIpc) is 2.87. The smallest absolute Gasteiger partial charge is 0.296 e. The highest BCUT2D eigenvalue weighted by Crippen LogP contribution is 2.32. The summed E-state index contributed by atoms with van der Waals surface area (Å²) in [6, 6.07) is 10.5. The number of aliphatic hydroxyl groups is 1. The fraction of sp³-hybridized carbons (Fsp3) is 0.238. The molecule has 0 saturated carbocycles. The Hall–Kier alpha value is -3.28. The van der Waals surface area contributed by atoms with E-state index in [0.717, 1.165) is 16.0 Å². The van der Waals surface area contributed by atoms with Gasteiger partial charge in [0, 0.05) is 0 Å². The van der Waals surface area contributed by atoms with Gasteiger partial charge in [0.2, 0.25) is 0 Å². The van der Waals surface area contributed by atoms with Crippen molar-refractivity contribution in [3.63, 3.8) is 0 Å². The second kappa shape index (κ2) is 7.15. The number of carbonyl (C=O) groups is 2. The number of rotatable bonds is 5. The van der Waals surface area contributed by atoms with Crippen molar-refractivity contribution in [3.8, 4) is 11.5 Å². The number of ether oxygens (including phenoxy) is 2. The molecular formula is C21H21NO5. The van der Waals surface area contributed by atoms with Crippen LogP contribution in [-0.2, 0) is 16.1 Å². The molecule has 140 valence electrons. The quantitative estimate of drug-likeness (QED) is 0.822. The Labute approximate surface area is 157 Å². The van der Waals surface area contributed by atoms with Crippen molar-refractivity contribution >= 4 is 17.4 Å². The van der Waals surface area contributed by atoms with Gasteiger partial charge >= 0.3 is 0 Å². The summed E-state index contributed by atoms with van der Waals surface area (Å²) >= 11 is 0. The second-order valence-corrected chi connectivity index (χ2v) is 6.41. The Balaban J connectivity index is 1.91. The molecule has 0 aromatic heterocycles. The van der Waals surface area contributed by atoms with Crippen LogP contribution >= 0.6 is 0 Å². The van der Waals surface area contributed by atoms with E-state index in [4.69, 9.17) is 9.47 Å². The van der Waals surface area contributed by atoms with Crippen LogP contribution in [0.3, 0.4) is 0 Å². The number of hydrogen-bond donors (Lipinski definition) is 1. The summed E-state index contributed by atoms with van der Waals surface area (Å²) in [5.41, 5.74) is 3.29. The van der Waals surface area contributed by atoms with Crippen LogP contribution in [0.2, 0.25) is 0 Å². The first-order valence-electron chi connectivity index (χ1n) is 8.45. The van der Waals surface area contributed by atoms with Crippen molar-refractivity contribution in [1.82, 2.24) is 4.90 Å². The van der Waals surface area contributed by atoms with Crippen LogP contribution in [0.15, 0.2) is 42.2 Å². The maximum Gasteiger partial charge on any atom is 0.296 e. The Morgan fingerprint density at radius 1 is 0.889 bits per heavy atom. The number of carbonyl (C=O) groups excluding carboxylic acids is 2. The van der Waals surface area contributed by atoms with Crippen LogP contribution in [-0.4, -0.2) is 36.0 Å². The molecular weight excluding hydrogens is 346 g/mol. The standard InChI is InChI=1S/C21H21NO5/c1-12-5-7-15(9-13(12)2)18-19(23)21(25)22(20(18)24)11-14-6-8-16(26-3)17(10-14)27-4/h5-10,23H,11H2,1-4H3. The lowest BCUT2D eigenvalue weighted by atomic mass is 10.00. The lowest BCUT2D eigenvalue weighted by molar-refractivity contribution is -0.138. The first-order valence-corrected chi connectivity index (χ1v) is 8.45. The molecule has 1 heterocycles. The van der Waals surface area contributed by atoms with E-state index < -0.39 is 17.6 Å². The molecule has 1 N–H and O–H groups in total. The number of aryl methyl sites for hydroxylation is 2. The van der Waals surface area contributed by atoms with Gasteiger partial charge in [-0.3, -0.25) is 14.5 Å². The third-order valence-corrected chi connectivity index (χ3v) is 4.73. The molecule has 2 amide bonds. The second-order valence-electron chi connectivity index (χ2n) is 6.41. The van der Waals surface area contributed by atoms with E-state index in [1.807, 2.05) is 19.9 Å². The first-order chi connectivity index (χ1) is 12.9. The summed E-state index contributed by atoms with van der Waals surface area (Å²) in [7, 11) is 3.04. The fourth-order valence-corrected chi connectivity index (χ4v) is 3.03. The summed E-state index contributed by atoms with van der Waals surface area (Å²) in [6.45, 7) is 3.90. The maximum absolute atomic E-state index is 12.8. The van der Waals surface area contributed by atoms with Gasteiger partial charge in [0.05, 0.1) is 26.3 Å². The number of imide groups is 1. The largest absolute Gasteiger partial charge is 0.502 e. The fourth-order valence-electron chi connectivity index (χ4n) is 3.03. The zero-order valence-corrected chi connectivity index (χ0v) is 15.7. The number of benzene rings is 2. The van der Waals surface area contributed by atoms with Crippen molar-refractivity contribution < 1.29 is 24.2 Å².